The summed E-state index contributed by atoms with van der Waals surface area (Å²) in [6.45, 7) is 33.7. The molecule has 1 aliphatic rings. The average Bonchev–Trinajstić information content (AvgIpc) is 3.53. The molecular formula is C31H74O7Si4. The van der Waals surface area contributed by atoms with Gasteiger partial charge in [-0.3, -0.25) is 4.79 Å². The van der Waals surface area contributed by atoms with Gasteiger partial charge in [0.1, 0.15) is 12.7 Å². The Morgan fingerprint density at radius 2 is 1.24 bits per heavy atom. The maximum atomic E-state index is 13.3. The van der Waals surface area contributed by atoms with Gasteiger partial charge in [0.15, 0.2) is 25.0 Å². The molecule has 7 nitrogen and oxygen atoms in total. The van der Waals surface area contributed by atoms with E-state index >= 15 is 0 Å². The highest BCUT2D eigenvalue weighted by molar-refractivity contribution is 6.90. The summed E-state index contributed by atoms with van der Waals surface area (Å²) in [7, 11) is -8.73. The maximum absolute atomic E-state index is 13.3. The molecule has 0 aromatic carbocycles. The molecule has 0 saturated carbocycles. The first-order valence-electron chi connectivity index (χ1n) is 14.2. The van der Waals surface area contributed by atoms with Crippen molar-refractivity contribution in [3.63, 3.8) is 0 Å². The van der Waals surface area contributed by atoms with Crippen LogP contribution in [0.5, 0.6) is 0 Å². The molecule has 0 aliphatic carbocycles. The van der Waals surface area contributed by atoms with Crippen molar-refractivity contribution in [2.45, 2.75) is 154 Å². The van der Waals surface area contributed by atoms with Crippen LogP contribution in [0.3, 0.4) is 0 Å². The van der Waals surface area contributed by atoms with Gasteiger partial charge in [-0.1, -0.05) is 57.1 Å². The fourth-order valence-corrected chi connectivity index (χ4v) is 18.6. The summed E-state index contributed by atoms with van der Waals surface area (Å²) in [6.07, 6.45) is 3.05. The Labute approximate surface area is 267 Å². The number of ether oxygens (including phenoxy) is 3. The number of hydrogen-bond donors (Lipinski definition) is 0. The van der Waals surface area contributed by atoms with Crippen LogP contribution in [0.25, 0.3) is 0 Å². The van der Waals surface area contributed by atoms with Crippen LogP contribution in [0.15, 0.2) is 12.3 Å². The highest BCUT2D eigenvalue weighted by Crippen LogP contribution is 2.39. The highest BCUT2D eigenvalue weighted by atomic mass is 28.5. The van der Waals surface area contributed by atoms with E-state index in [0.29, 0.717) is 38.5 Å². The van der Waals surface area contributed by atoms with Crippen molar-refractivity contribution in [2.24, 2.45) is 10.8 Å². The summed E-state index contributed by atoms with van der Waals surface area (Å²) >= 11 is 0. The number of hydrogen-bond acceptors (Lipinski definition) is 7. The molecule has 0 bridgehead atoms. The third-order valence-electron chi connectivity index (χ3n) is 6.42. The number of rotatable bonds is 19. The van der Waals surface area contributed by atoms with Gasteiger partial charge < -0.3 is 26.6 Å². The van der Waals surface area contributed by atoms with E-state index in [2.05, 4.69) is 79.3 Å². The topological polar surface area (TPSA) is 75.8 Å². The average molecular weight is 671 g/mol. The minimum atomic E-state index is -2.93. The lowest BCUT2D eigenvalue weighted by Gasteiger charge is -2.43. The fourth-order valence-electron chi connectivity index (χ4n) is 3.95. The Bertz CT molecular complexity index is 741. The van der Waals surface area contributed by atoms with Crippen LogP contribution in [0, 0.1) is 10.8 Å². The molecule has 1 saturated heterocycles. The number of esters is 1. The van der Waals surface area contributed by atoms with E-state index in [1.54, 1.807) is 0 Å². The van der Waals surface area contributed by atoms with Crippen LogP contribution in [-0.2, 0) is 31.4 Å². The van der Waals surface area contributed by atoms with Crippen LogP contribution in [0.2, 0.25) is 65.0 Å². The lowest BCUT2D eigenvalue weighted by atomic mass is 9.76. The first-order valence-corrected chi connectivity index (χ1v) is 26.4. The number of carbonyl (C=O) groups excluding carboxylic acids is 1. The van der Waals surface area contributed by atoms with Crippen molar-refractivity contribution < 1.29 is 31.4 Å². The predicted octanol–water partition coefficient (Wildman–Crippen LogP) is 10.1. The quantitative estimate of drug-likeness (QED) is 0.0445. The summed E-state index contributed by atoms with van der Waals surface area (Å²) < 4.78 is 37.2. The molecule has 11 heteroatoms. The molecular weight excluding hydrogens is 597 g/mol. The zero-order valence-electron chi connectivity index (χ0n) is 26.8. The second-order valence-electron chi connectivity index (χ2n) is 14.6. The van der Waals surface area contributed by atoms with Crippen molar-refractivity contribution in [2.75, 3.05) is 19.8 Å². The van der Waals surface area contributed by atoms with E-state index in [0.717, 1.165) is 18.8 Å². The Morgan fingerprint density at radius 3 is 1.60 bits per heavy atom. The van der Waals surface area contributed by atoms with E-state index in [4.69, 9.17) is 26.6 Å². The van der Waals surface area contributed by atoms with Gasteiger partial charge in [0, 0.05) is 11.5 Å². The summed E-state index contributed by atoms with van der Waals surface area (Å²) in [5.74, 6) is 0.595. The summed E-state index contributed by atoms with van der Waals surface area (Å²) in [5.41, 5.74) is -0.808. The third-order valence-corrected chi connectivity index (χ3v) is 18.5. The standard InChI is InChI=1S/C27H58O7Si4.4CH4/c1-15-27(5,18-17-26(3,4)23(2)30-21-24-22-31-24)25(28)29-19-16-20-38(32-35(6,7)8,33-36(9,10)11)34-37(12,13)14;;;;/h24H,2,15-22H2,1,3-14H3;4*1H4. The normalized spacial score (nSPS) is 16.8. The molecule has 1 fully saturated rings. The van der Waals surface area contributed by atoms with E-state index in [1.165, 1.54) is 0 Å². The van der Waals surface area contributed by atoms with Gasteiger partial charge in [-0.05, 0) is 91.5 Å². The summed E-state index contributed by atoms with van der Waals surface area (Å²) in [4.78, 5) is 13.3. The monoisotopic (exact) mass is 670 g/mol. The largest absolute Gasteiger partial charge is 0.495 e. The zero-order chi connectivity index (χ0) is 29.6. The number of allylic oxidation sites excluding steroid dienone is 1. The molecule has 256 valence electrons. The molecule has 42 heavy (non-hydrogen) atoms. The van der Waals surface area contributed by atoms with Crippen molar-refractivity contribution in [1.29, 1.82) is 0 Å². The van der Waals surface area contributed by atoms with Gasteiger partial charge in [-0.2, -0.15) is 0 Å². The van der Waals surface area contributed by atoms with Crippen LogP contribution < -0.4 is 0 Å². The Hall–Kier alpha value is -0.282. The predicted molar refractivity (Wildman–Crippen MR) is 193 cm³/mol. The van der Waals surface area contributed by atoms with Gasteiger partial charge in [-0.25, -0.2) is 0 Å². The number of epoxide rings is 1. The van der Waals surface area contributed by atoms with Gasteiger partial charge in [-0.15, -0.1) is 0 Å². The first kappa shape index (κ1) is 48.6. The fraction of sp³-hybridized carbons (Fsp3) is 0.903. The van der Waals surface area contributed by atoms with E-state index in [-0.39, 0.29) is 47.2 Å². The molecule has 2 atom stereocenters. The zero-order valence-corrected chi connectivity index (χ0v) is 30.8. The number of carbonyl (C=O) groups is 1. The van der Waals surface area contributed by atoms with Crippen molar-refractivity contribution in [3.8, 4) is 0 Å². The second-order valence-corrected chi connectivity index (χ2v) is 31.5. The third kappa shape index (κ3) is 19.2. The lowest BCUT2D eigenvalue weighted by Crippen LogP contribution is -2.60. The van der Waals surface area contributed by atoms with E-state index in [1.807, 2.05) is 13.8 Å². The minimum Gasteiger partial charge on any atom is -0.495 e. The summed E-state index contributed by atoms with van der Waals surface area (Å²) in [5, 5.41) is 0. The molecule has 0 radical (unpaired) electrons. The molecule has 1 aliphatic heterocycles. The van der Waals surface area contributed by atoms with Crippen LogP contribution in [0.4, 0.5) is 0 Å². The molecule has 0 N–H and O–H groups in total. The Kier molecular flexibility index (Phi) is 21.6. The van der Waals surface area contributed by atoms with Gasteiger partial charge in [0.2, 0.25) is 0 Å². The Balaban J connectivity index is -0.00000180. The Morgan fingerprint density at radius 1 is 0.810 bits per heavy atom. The summed E-state index contributed by atoms with van der Waals surface area (Å²) in [6, 6.07) is 0.664. The van der Waals surface area contributed by atoms with E-state index < -0.39 is 39.2 Å². The van der Waals surface area contributed by atoms with E-state index in [9.17, 15) is 4.79 Å². The van der Waals surface area contributed by atoms with Gasteiger partial charge in [0.05, 0.1) is 24.4 Å². The lowest BCUT2D eigenvalue weighted by molar-refractivity contribution is -0.156. The van der Waals surface area contributed by atoms with Crippen LogP contribution in [-0.4, -0.2) is 65.7 Å². The first-order chi connectivity index (χ1) is 17.0. The van der Waals surface area contributed by atoms with Crippen molar-refractivity contribution in [3.05, 3.63) is 12.3 Å². The second kappa shape index (κ2) is 18.6. The molecule has 1 rings (SSSR count). The molecule has 0 aromatic heterocycles. The maximum Gasteiger partial charge on any atom is 0.469 e. The van der Waals surface area contributed by atoms with Gasteiger partial charge >= 0.3 is 14.8 Å². The van der Waals surface area contributed by atoms with Crippen molar-refractivity contribution >= 4 is 39.7 Å². The minimum absolute atomic E-state index is 0. The van der Waals surface area contributed by atoms with Crippen LogP contribution in [0.1, 0.15) is 83.1 Å². The van der Waals surface area contributed by atoms with Gasteiger partial charge in [0.25, 0.3) is 0 Å². The smallest absolute Gasteiger partial charge is 0.469 e. The molecule has 0 aromatic rings. The molecule has 0 amide bonds. The van der Waals surface area contributed by atoms with Crippen LogP contribution >= 0.6 is 0 Å². The molecule has 1 heterocycles. The molecule has 2 unspecified atom stereocenters. The molecule has 0 spiro atoms. The highest BCUT2D eigenvalue weighted by Gasteiger charge is 2.49. The van der Waals surface area contributed by atoms with Crippen molar-refractivity contribution in [1.82, 2.24) is 0 Å². The SMILES string of the molecule is C.C.C.C.C=C(OCC1CO1)C(C)(C)CCC(C)(CC)C(=O)OCCC[Si](O[Si](C)(C)C)(O[Si](C)(C)C)O[Si](C)(C)C.